The minimum Gasteiger partial charge on any atom is -0.383 e. The maximum absolute atomic E-state index is 11.9. The van der Waals surface area contributed by atoms with E-state index in [1.165, 1.54) is 0 Å². The molecule has 1 saturated heterocycles. The summed E-state index contributed by atoms with van der Waals surface area (Å²) in [6, 6.07) is 0.0550. The number of hydrogen-bond acceptors (Lipinski definition) is 4. The number of carbonyl (C=O) groups excluding carboxylic acids is 1. The zero-order valence-electron chi connectivity index (χ0n) is 11.9. The van der Waals surface area contributed by atoms with Crippen LogP contribution in [0, 0.1) is 0 Å². The third-order valence-electron chi connectivity index (χ3n) is 3.51. The normalized spacial score (nSPS) is 23.1. The quantitative estimate of drug-likeness (QED) is 0.743. The number of nitrogens with two attached hydrogens (primary N) is 1. The molecule has 5 nitrogen and oxygen atoms in total. The minimum absolute atomic E-state index is 0.0718. The lowest BCUT2D eigenvalue weighted by atomic mass is 10.1. The van der Waals surface area contributed by atoms with Gasteiger partial charge in [-0.2, -0.15) is 0 Å². The van der Waals surface area contributed by atoms with Crippen LogP contribution in [0.3, 0.4) is 0 Å². The Morgan fingerprint density at radius 1 is 1.50 bits per heavy atom. The van der Waals surface area contributed by atoms with Gasteiger partial charge in [-0.15, -0.1) is 0 Å². The molecule has 0 radical (unpaired) electrons. The molecule has 0 aromatic carbocycles. The van der Waals surface area contributed by atoms with Crippen molar-refractivity contribution in [2.75, 3.05) is 39.9 Å². The summed E-state index contributed by atoms with van der Waals surface area (Å²) >= 11 is 0. The molecule has 0 spiro atoms. The Labute approximate surface area is 110 Å². The number of ether oxygens (including phenoxy) is 1. The van der Waals surface area contributed by atoms with Gasteiger partial charge >= 0.3 is 0 Å². The van der Waals surface area contributed by atoms with Gasteiger partial charge in [-0.25, -0.2) is 0 Å². The van der Waals surface area contributed by atoms with Crippen LogP contribution in [0.2, 0.25) is 0 Å². The molecule has 1 fully saturated rings. The van der Waals surface area contributed by atoms with Crippen LogP contribution < -0.4 is 5.73 Å². The van der Waals surface area contributed by atoms with Gasteiger partial charge in [-0.3, -0.25) is 9.69 Å². The third kappa shape index (κ3) is 4.23. The molecule has 2 N–H and O–H groups in total. The van der Waals surface area contributed by atoms with Gasteiger partial charge in [0, 0.05) is 39.3 Å². The Balaban J connectivity index is 2.55. The van der Waals surface area contributed by atoms with Gasteiger partial charge in [0.1, 0.15) is 0 Å². The fraction of sp³-hybridized carbons (Fsp3) is 0.923. The van der Waals surface area contributed by atoms with Crippen molar-refractivity contribution in [1.82, 2.24) is 9.80 Å². The first-order valence-electron chi connectivity index (χ1n) is 6.87. The molecule has 0 bridgehead atoms. The average Bonchev–Trinajstić information content (AvgIpc) is 2.36. The lowest BCUT2D eigenvalue weighted by Gasteiger charge is -2.42. The highest BCUT2D eigenvalue weighted by Crippen LogP contribution is 2.15. The highest BCUT2D eigenvalue weighted by Gasteiger charge is 2.29. The second-order valence-corrected chi connectivity index (χ2v) is 5.04. The topological polar surface area (TPSA) is 58.8 Å². The number of piperazine rings is 1. The Morgan fingerprint density at radius 2 is 2.22 bits per heavy atom. The molecular formula is C13H27N3O2. The van der Waals surface area contributed by atoms with E-state index in [-0.39, 0.29) is 5.91 Å². The number of nitrogens with zero attached hydrogens (tertiary/aromatic N) is 2. The molecule has 5 heteroatoms. The van der Waals surface area contributed by atoms with E-state index in [4.69, 9.17) is 10.5 Å². The van der Waals surface area contributed by atoms with Crippen LogP contribution in [-0.2, 0) is 9.53 Å². The minimum atomic E-state index is -0.391. The van der Waals surface area contributed by atoms with E-state index in [1.807, 2.05) is 4.90 Å². The Kier molecular flexibility index (Phi) is 6.60. The van der Waals surface area contributed by atoms with Gasteiger partial charge in [0.25, 0.3) is 0 Å². The van der Waals surface area contributed by atoms with Gasteiger partial charge in [-0.1, -0.05) is 13.3 Å². The second-order valence-electron chi connectivity index (χ2n) is 5.04. The lowest BCUT2D eigenvalue weighted by Crippen LogP contribution is -2.57. The summed E-state index contributed by atoms with van der Waals surface area (Å²) in [5, 5.41) is 0. The molecule has 2 atom stereocenters. The Morgan fingerprint density at radius 3 is 2.78 bits per heavy atom. The number of carbonyl (C=O) groups is 1. The van der Waals surface area contributed by atoms with Crippen LogP contribution in [0.15, 0.2) is 0 Å². The molecular weight excluding hydrogens is 230 g/mol. The van der Waals surface area contributed by atoms with E-state index in [2.05, 4.69) is 11.8 Å². The summed E-state index contributed by atoms with van der Waals surface area (Å²) in [6.07, 6.45) is 2.25. The molecule has 1 amide bonds. The van der Waals surface area contributed by atoms with Gasteiger partial charge in [0.05, 0.1) is 12.6 Å². The van der Waals surface area contributed by atoms with E-state index < -0.39 is 6.04 Å². The molecule has 0 aromatic rings. The van der Waals surface area contributed by atoms with Crippen LogP contribution >= 0.6 is 0 Å². The standard InChI is InChI=1S/C13H27N3O2/c1-4-5-12-10-16(13(17)11(2)14)7-6-15(12)8-9-18-3/h11-12H,4-10,14H2,1-3H3/t11-,12+/m0/s1. The van der Waals surface area contributed by atoms with Crippen LogP contribution in [0.25, 0.3) is 0 Å². The molecule has 18 heavy (non-hydrogen) atoms. The van der Waals surface area contributed by atoms with Crippen molar-refractivity contribution < 1.29 is 9.53 Å². The fourth-order valence-corrected chi connectivity index (χ4v) is 2.49. The van der Waals surface area contributed by atoms with Crippen LogP contribution in [0.5, 0.6) is 0 Å². The van der Waals surface area contributed by atoms with E-state index in [0.717, 1.165) is 45.6 Å². The monoisotopic (exact) mass is 257 g/mol. The summed E-state index contributed by atoms with van der Waals surface area (Å²) < 4.78 is 5.14. The second kappa shape index (κ2) is 7.71. The SMILES string of the molecule is CCC[C@@H]1CN(C(=O)[C@H](C)N)CCN1CCOC. The van der Waals surface area contributed by atoms with Crippen molar-refractivity contribution in [1.29, 1.82) is 0 Å². The number of amides is 1. The molecule has 0 aromatic heterocycles. The summed E-state index contributed by atoms with van der Waals surface area (Å²) in [5.74, 6) is 0.0718. The smallest absolute Gasteiger partial charge is 0.239 e. The molecule has 1 rings (SSSR count). The summed E-state index contributed by atoms with van der Waals surface area (Å²) in [7, 11) is 1.73. The molecule has 106 valence electrons. The Hall–Kier alpha value is -0.650. The molecule has 0 unspecified atom stereocenters. The van der Waals surface area contributed by atoms with Crippen LogP contribution in [0.1, 0.15) is 26.7 Å². The zero-order chi connectivity index (χ0) is 13.5. The van der Waals surface area contributed by atoms with Gasteiger partial charge in [0.15, 0.2) is 0 Å². The maximum atomic E-state index is 11.9. The largest absolute Gasteiger partial charge is 0.383 e. The molecule has 0 aliphatic carbocycles. The highest BCUT2D eigenvalue weighted by molar-refractivity contribution is 5.81. The van der Waals surface area contributed by atoms with E-state index in [1.54, 1.807) is 14.0 Å². The fourth-order valence-electron chi connectivity index (χ4n) is 2.49. The summed E-state index contributed by atoms with van der Waals surface area (Å²) in [6.45, 7) is 8.15. The number of rotatable bonds is 6. The third-order valence-corrected chi connectivity index (χ3v) is 3.51. The van der Waals surface area contributed by atoms with Crippen molar-refractivity contribution in [3.05, 3.63) is 0 Å². The van der Waals surface area contributed by atoms with Gasteiger partial charge in [-0.05, 0) is 13.3 Å². The first-order chi connectivity index (χ1) is 8.60. The molecule has 1 aliphatic rings. The van der Waals surface area contributed by atoms with E-state index >= 15 is 0 Å². The van der Waals surface area contributed by atoms with Crippen molar-refractivity contribution in [2.24, 2.45) is 5.73 Å². The summed E-state index contributed by atoms with van der Waals surface area (Å²) in [4.78, 5) is 16.3. The van der Waals surface area contributed by atoms with Crippen molar-refractivity contribution in [3.63, 3.8) is 0 Å². The first kappa shape index (κ1) is 15.4. The van der Waals surface area contributed by atoms with E-state index in [0.29, 0.717) is 6.04 Å². The predicted octanol–water partition coefficient (Wildman–Crippen LogP) is 0.293. The van der Waals surface area contributed by atoms with E-state index in [9.17, 15) is 4.79 Å². The maximum Gasteiger partial charge on any atom is 0.239 e. The predicted molar refractivity (Wildman–Crippen MR) is 72.4 cm³/mol. The lowest BCUT2D eigenvalue weighted by molar-refractivity contribution is -0.135. The summed E-state index contributed by atoms with van der Waals surface area (Å²) in [5.41, 5.74) is 5.68. The van der Waals surface area contributed by atoms with Gasteiger partial charge in [0.2, 0.25) is 5.91 Å². The van der Waals surface area contributed by atoms with Crippen molar-refractivity contribution in [3.8, 4) is 0 Å². The number of methoxy groups -OCH3 is 1. The van der Waals surface area contributed by atoms with Crippen molar-refractivity contribution in [2.45, 2.75) is 38.8 Å². The van der Waals surface area contributed by atoms with Crippen LogP contribution in [-0.4, -0.2) is 67.7 Å². The Bertz CT molecular complexity index is 259. The van der Waals surface area contributed by atoms with Gasteiger partial charge < -0.3 is 15.4 Å². The average molecular weight is 257 g/mol. The molecule has 1 aliphatic heterocycles. The molecule has 1 heterocycles. The molecule has 0 saturated carbocycles. The highest BCUT2D eigenvalue weighted by atomic mass is 16.5. The van der Waals surface area contributed by atoms with Crippen LogP contribution in [0.4, 0.5) is 0 Å². The van der Waals surface area contributed by atoms with Crippen molar-refractivity contribution >= 4 is 5.91 Å². The number of hydrogen-bond donors (Lipinski definition) is 1. The zero-order valence-corrected chi connectivity index (χ0v) is 11.9. The first-order valence-corrected chi connectivity index (χ1v) is 6.87.